The largest absolute Gasteiger partial charge is 0.354 e. The number of hydrogen-bond donors (Lipinski definition) is 1. The first-order valence-corrected chi connectivity index (χ1v) is 8.80. The second-order valence-electron chi connectivity index (χ2n) is 6.88. The molecule has 136 valence electrons. The normalized spacial score (nSPS) is 16.9. The highest BCUT2D eigenvalue weighted by Gasteiger charge is 2.28. The van der Waals surface area contributed by atoms with Gasteiger partial charge >= 0.3 is 0 Å². The first kappa shape index (κ1) is 16.5. The molecule has 9 heteroatoms. The highest BCUT2D eigenvalue weighted by molar-refractivity contribution is 5.78. The van der Waals surface area contributed by atoms with Gasteiger partial charge in [0.2, 0.25) is 5.91 Å². The van der Waals surface area contributed by atoms with E-state index < -0.39 is 0 Å². The van der Waals surface area contributed by atoms with E-state index >= 15 is 0 Å². The third kappa shape index (κ3) is 3.00. The van der Waals surface area contributed by atoms with Gasteiger partial charge in [0.05, 0.1) is 18.2 Å². The van der Waals surface area contributed by atoms with E-state index in [4.69, 9.17) is 4.98 Å². The number of amides is 1. The molecule has 1 aliphatic rings. The molecule has 0 radical (unpaired) electrons. The maximum Gasteiger partial charge on any atom is 0.226 e. The van der Waals surface area contributed by atoms with Gasteiger partial charge in [-0.25, -0.2) is 4.98 Å². The predicted molar refractivity (Wildman–Crippen MR) is 95.8 cm³/mol. The smallest absolute Gasteiger partial charge is 0.226 e. The van der Waals surface area contributed by atoms with Crippen molar-refractivity contribution in [2.24, 2.45) is 0 Å². The predicted octanol–water partition coefficient (Wildman–Crippen LogP) is 0.969. The molecule has 1 atom stereocenters. The molecule has 0 fully saturated rings. The van der Waals surface area contributed by atoms with Crippen molar-refractivity contribution in [1.82, 2.24) is 34.7 Å². The van der Waals surface area contributed by atoms with E-state index in [1.54, 1.807) is 10.8 Å². The van der Waals surface area contributed by atoms with Crippen molar-refractivity contribution in [2.45, 2.75) is 45.8 Å². The lowest BCUT2D eigenvalue weighted by Crippen LogP contribution is -2.37. The SMILES string of the molecule is CC(C)NC(=O)Cc1cn2c(n1)[C@@H](C)N(c1ccc3nncn3n1)CC2. The fraction of sp³-hybridized carbons (Fsp3) is 0.471. The second-order valence-corrected chi connectivity index (χ2v) is 6.88. The number of hydrogen-bond acceptors (Lipinski definition) is 6. The zero-order valence-corrected chi connectivity index (χ0v) is 15.1. The van der Waals surface area contributed by atoms with Gasteiger partial charge in [-0.1, -0.05) is 0 Å². The van der Waals surface area contributed by atoms with E-state index in [0.29, 0.717) is 6.42 Å². The molecule has 4 rings (SSSR count). The monoisotopic (exact) mass is 354 g/mol. The van der Waals surface area contributed by atoms with E-state index in [1.807, 2.05) is 32.2 Å². The van der Waals surface area contributed by atoms with Crippen LogP contribution in [0.2, 0.25) is 0 Å². The molecule has 4 heterocycles. The zero-order chi connectivity index (χ0) is 18.3. The van der Waals surface area contributed by atoms with Crippen LogP contribution in [0.3, 0.4) is 0 Å². The molecule has 3 aromatic heterocycles. The van der Waals surface area contributed by atoms with E-state index in [-0.39, 0.29) is 18.0 Å². The average Bonchev–Trinajstić information content (AvgIpc) is 3.20. The number of carbonyl (C=O) groups is 1. The maximum atomic E-state index is 12.0. The number of aromatic nitrogens is 6. The fourth-order valence-corrected chi connectivity index (χ4v) is 3.35. The van der Waals surface area contributed by atoms with Gasteiger partial charge in [0.15, 0.2) is 5.65 Å². The van der Waals surface area contributed by atoms with Crippen LogP contribution in [0.5, 0.6) is 0 Å². The Morgan fingerprint density at radius 1 is 1.35 bits per heavy atom. The summed E-state index contributed by atoms with van der Waals surface area (Å²) in [7, 11) is 0. The van der Waals surface area contributed by atoms with Crippen LogP contribution in [-0.4, -0.2) is 47.9 Å². The minimum Gasteiger partial charge on any atom is -0.354 e. The van der Waals surface area contributed by atoms with Gasteiger partial charge in [-0.3, -0.25) is 4.79 Å². The van der Waals surface area contributed by atoms with E-state index in [0.717, 1.165) is 36.1 Å². The Labute approximate surface area is 151 Å². The summed E-state index contributed by atoms with van der Waals surface area (Å²) in [5.74, 6) is 1.81. The van der Waals surface area contributed by atoms with Crippen LogP contribution >= 0.6 is 0 Å². The molecule has 0 unspecified atom stereocenters. The highest BCUT2D eigenvalue weighted by atomic mass is 16.1. The standard InChI is InChI=1S/C17H22N8O/c1-11(2)19-16(26)8-13-9-23-6-7-24(12(3)17(23)20-13)15-5-4-14-21-18-10-25(14)22-15/h4-5,9-12H,6-8H2,1-3H3,(H,19,26)/t12-/m1/s1. The van der Waals surface area contributed by atoms with Gasteiger partial charge in [-0.05, 0) is 32.9 Å². The Balaban J connectivity index is 1.56. The number of anilines is 1. The van der Waals surface area contributed by atoms with Crippen LogP contribution in [0.25, 0.3) is 5.65 Å². The third-order valence-electron chi connectivity index (χ3n) is 4.51. The fourth-order valence-electron chi connectivity index (χ4n) is 3.35. The van der Waals surface area contributed by atoms with Crippen molar-refractivity contribution in [1.29, 1.82) is 0 Å². The summed E-state index contributed by atoms with van der Waals surface area (Å²) in [6.45, 7) is 7.64. The molecule has 0 aromatic carbocycles. The van der Waals surface area contributed by atoms with Crippen LogP contribution in [0, 0.1) is 0 Å². The van der Waals surface area contributed by atoms with Crippen molar-refractivity contribution in [3.05, 3.63) is 36.2 Å². The third-order valence-corrected chi connectivity index (χ3v) is 4.51. The van der Waals surface area contributed by atoms with E-state index in [9.17, 15) is 4.79 Å². The lowest BCUT2D eigenvalue weighted by Gasteiger charge is -2.34. The summed E-state index contributed by atoms with van der Waals surface area (Å²) in [4.78, 5) is 18.9. The van der Waals surface area contributed by atoms with Gasteiger partial charge in [-0.15, -0.1) is 15.3 Å². The summed E-state index contributed by atoms with van der Waals surface area (Å²) >= 11 is 0. The van der Waals surface area contributed by atoms with Gasteiger partial charge in [0, 0.05) is 25.3 Å². The van der Waals surface area contributed by atoms with Gasteiger partial charge in [-0.2, -0.15) is 4.52 Å². The number of imidazole rings is 1. The molecule has 1 amide bonds. The first-order chi connectivity index (χ1) is 12.5. The molecule has 26 heavy (non-hydrogen) atoms. The minimum absolute atomic E-state index is 0.000294. The van der Waals surface area contributed by atoms with Crippen LogP contribution in [0.15, 0.2) is 24.7 Å². The number of rotatable bonds is 4. The number of carbonyl (C=O) groups excluding carboxylic acids is 1. The van der Waals surface area contributed by atoms with Crippen molar-refractivity contribution in [3.63, 3.8) is 0 Å². The summed E-state index contributed by atoms with van der Waals surface area (Å²) in [5.41, 5.74) is 1.52. The van der Waals surface area contributed by atoms with E-state index in [1.165, 1.54) is 0 Å². The molecular formula is C17H22N8O. The number of fused-ring (bicyclic) bond motifs is 2. The molecule has 1 aliphatic heterocycles. The van der Waals surface area contributed by atoms with Crippen molar-refractivity contribution >= 4 is 17.4 Å². The minimum atomic E-state index is -0.000294. The Hall–Kier alpha value is -2.97. The Morgan fingerprint density at radius 3 is 3.00 bits per heavy atom. The molecular weight excluding hydrogens is 332 g/mol. The molecule has 1 N–H and O–H groups in total. The summed E-state index contributed by atoms with van der Waals surface area (Å²) in [5, 5.41) is 15.4. The Bertz CT molecular complexity index is 943. The number of nitrogens with zero attached hydrogens (tertiary/aromatic N) is 7. The first-order valence-electron chi connectivity index (χ1n) is 8.80. The molecule has 0 saturated heterocycles. The summed E-state index contributed by atoms with van der Waals surface area (Å²) < 4.78 is 3.81. The van der Waals surface area contributed by atoms with Crippen molar-refractivity contribution < 1.29 is 4.79 Å². The van der Waals surface area contributed by atoms with Crippen LogP contribution in [0.4, 0.5) is 5.82 Å². The zero-order valence-electron chi connectivity index (χ0n) is 15.1. The van der Waals surface area contributed by atoms with E-state index in [2.05, 4.69) is 37.0 Å². The van der Waals surface area contributed by atoms with Gasteiger partial charge < -0.3 is 14.8 Å². The topological polar surface area (TPSA) is 93.2 Å². The highest BCUT2D eigenvalue weighted by Crippen LogP contribution is 2.28. The van der Waals surface area contributed by atoms with Crippen molar-refractivity contribution in [2.75, 3.05) is 11.4 Å². The molecule has 3 aromatic rings. The van der Waals surface area contributed by atoms with Crippen LogP contribution < -0.4 is 10.2 Å². The second kappa shape index (κ2) is 6.40. The van der Waals surface area contributed by atoms with Crippen LogP contribution in [-0.2, 0) is 17.8 Å². The van der Waals surface area contributed by atoms with Gasteiger partial charge in [0.1, 0.15) is 18.0 Å². The molecule has 0 spiro atoms. The van der Waals surface area contributed by atoms with Gasteiger partial charge in [0.25, 0.3) is 0 Å². The maximum absolute atomic E-state index is 12.0. The molecule has 0 aliphatic carbocycles. The lowest BCUT2D eigenvalue weighted by molar-refractivity contribution is -0.120. The quantitative estimate of drug-likeness (QED) is 0.750. The molecule has 0 saturated carbocycles. The summed E-state index contributed by atoms with van der Waals surface area (Å²) in [6, 6.07) is 4.06. The van der Waals surface area contributed by atoms with Crippen molar-refractivity contribution in [3.8, 4) is 0 Å². The van der Waals surface area contributed by atoms with Crippen LogP contribution in [0.1, 0.15) is 38.3 Å². The average molecular weight is 354 g/mol. The number of nitrogens with one attached hydrogen (secondary N) is 1. The molecule has 0 bridgehead atoms. The Morgan fingerprint density at radius 2 is 2.19 bits per heavy atom. The Kier molecular flexibility index (Phi) is 4.06. The lowest BCUT2D eigenvalue weighted by atomic mass is 10.2. The molecule has 9 nitrogen and oxygen atoms in total. The summed E-state index contributed by atoms with van der Waals surface area (Å²) in [6.07, 6.45) is 3.88.